The van der Waals surface area contributed by atoms with Gasteiger partial charge in [0.2, 0.25) is 11.8 Å². The summed E-state index contributed by atoms with van der Waals surface area (Å²) in [5, 5.41) is 2.64. The lowest BCUT2D eigenvalue weighted by molar-refractivity contribution is -0.160. The molecule has 3 rings (SSSR count). The molecular formula is C31H39N3O9. The molecule has 1 heterocycles. The van der Waals surface area contributed by atoms with Gasteiger partial charge in [0.1, 0.15) is 31.0 Å². The molecule has 43 heavy (non-hydrogen) atoms. The molecule has 2 aromatic rings. The molecule has 232 valence electrons. The van der Waals surface area contributed by atoms with E-state index in [9.17, 15) is 24.0 Å². The van der Waals surface area contributed by atoms with Crippen molar-refractivity contribution in [2.45, 2.75) is 51.3 Å². The fourth-order valence-electron chi connectivity index (χ4n) is 4.53. The third-order valence-corrected chi connectivity index (χ3v) is 6.94. The van der Waals surface area contributed by atoms with Gasteiger partial charge in [-0.25, -0.2) is 4.79 Å². The Morgan fingerprint density at radius 3 is 2.30 bits per heavy atom. The van der Waals surface area contributed by atoms with Crippen LogP contribution in [0.15, 0.2) is 54.6 Å². The van der Waals surface area contributed by atoms with E-state index in [4.69, 9.17) is 18.9 Å². The van der Waals surface area contributed by atoms with Gasteiger partial charge in [-0.05, 0) is 29.7 Å². The number of nitrogens with zero attached hydrogens (tertiary/aromatic N) is 2. The minimum atomic E-state index is -1.24. The molecule has 0 unspecified atom stereocenters. The lowest BCUT2D eigenvalue weighted by Gasteiger charge is -2.41. The second kappa shape index (κ2) is 16.7. The largest absolute Gasteiger partial charge is 0.497 e. The van der Waals surface area contributed by atoms with Crippen LogP contribution >= 0.6 is 0 Å². The van der Waals surface area contributed by atoms with E-state index in [1.165, 1.54) is 24.0 Å². The van der Waals surface area contributed by atoms with Gasteiger partial charge in [0, 0.05) is 19.5 Å². The average molecular weight is 598 g/mol. The van der Waals surface area contributed by atoms with Crippen LogP contribution in [0.3, 0.4) is 0 Å². The first-order chi connectivity index (χ1) is 20.7. The Labute approximate surface area is 251 Å². The number of hydrogen-bond acceptors (Lipinski definition) is 9. The second-order valence-electron chi connectivity index (χ2n) is 9.97. The minimum Gasteiger partial charge on any atom is -0.497 e. The number of esters is 2. The number of nitrogens with one attached hydrogen (secondary N) is 1. The molecule has 12 heteroatoms. The fraction of sp³-hybridized carbons (Fsp3) is 0.452. The number of alkyl carbamates (subject to hydrolysis) is 1. The molecule has 2 atom stereocenters. The number of carbonyl (C=O) groups is 5. The number of unbranched alkanes of at least 4 members (excludes halogenated alkanes) is 1. The van der Waals surface area contributed by atoms with Crippen LogP contribution in [0.1, 0.15) is 37.3 Å². The molecule has 1 saturated heterocycles. The SMILES string of the molecule is CCCCOC(=O)CN1CCN(C(=O)[C@H](Cc2ccc(OC)cc2)NC(=O)OCc2ccccc2)[C@@H](CC(=O)OC)C1=O. The summed E-state index contributed by atoms with van der Waals surface area (Å²) in [7, 11) is 2.72. The molecular weight excluding hydrogens is 558 g/mol. The summed E-state index contributed by atoms with van der Waals surface area (Å²) in [6.45, 7) is 1.96. The van der Waals surface area contributed by atoms with Gasteiger partial charge < -0.3 is 34.1 Å². The van der Waals surface area contributed by atoms with Crippen molar-refractivity contribution >= 4 is 29.8 Å². The van der Waals surface area contributed by atoms with Crippen LogP contribution < -0.4 is 10.1 Å². The van der Waals surface area contributed by atoms with Crippen LogP contribution in [-0.4, -0.2) is 92.2 Å². The fourth-order valence-corrected chi connectivity index (χ4v) is 4.53. The number of piperazine rings is 1. The Morgan fingerprint density at radius 2 is 1.65 bits per heavy atom. The van der Waals surface area contributed by atoms with E-state index >= 15 is 0 Å². The number of hydrogen-bond donors (Lipinski definition) is 1. The first-order valence-corrected chi connectivity index (χ1v) is 14.2. The van der Waals surface area contributed by atoms with Crippen molar-refractivity contribution in [3.05, 3.63) is 65.7 Å². The van der Waals surface area contributed by atoms with Gasteiger partial charge in [-0.3, -0.25) is 19.2 Å². The maximum absolute atomic E-state index is 14.0. The summed E-state index contributed by atoms with van der Waals surface area (Å²) >= 11 is 0. The summed E-state index contributed by atoms with van der Waals surface area (Å²) in [4.78, 5) is 67.4. The number of carbonyl (C=O) groups excluding carboxylic acids is 5. The molecule has 1 fully saturated rings. The van der Waals surface area contributed by atoms with E-state index in [2.05, 4.69) is 5.32 Å². The normalized spacial score (nSPS) is 15.3. The van der Waals surface area contributed by atoms with Gasteiger partial charge in [0.05, 0.1) is 27.2 Å². The van der Waals surface area contributed by atoms with E-state index in [1.54, 1.807) is 36.4 Å². The van der Waals surface area contributed by atoms with Crippen molar-refractivity contribution in [2.24, 2.45) is 0 Å². The van der Waals surface area contributed by atoms with Crippen molar-refractivity contribution < 1.29 is 42.9 Å². The molecule has 1 aliphatic heterocycles. The summed E-state index contributed by atoms with van der Waals surface area (Å²) in [5.74, 6) is -1.83. The Hall–Kier alpha value is -4.61. The van der Waals surface area contributed by atoms with Gasteiger partial charge in [0.25, 0.3) is 0 Å². The second-order valence-corrected chi connectivity index (χ2v) is 9.97. The van der Waals surface area contributed by atoms with Crippen molar-refractivity contribution in [1.82, 2.24) is 15.1 Å². The van der Waals surface area contributed by atoms with Gasteiger partial charge in [0.15, 0.2) is 0 Å². The van der Waals surface area contributed by atoms with Crippen LogP contribution in [-0.2, 0) is 46.4 Å². The number of rotatable bonds is 14. The van der Waals surface area contributed by atoms with Gasteiger partial charge in [-0.15, -0.1) is 0 Å². The summed E-state index contributed by atoms with van der Waals surface area (Å²) < 4.78 is 20.5. The first-order valence-electron chi connectivity index (χ1n) is 14.2. The third-order valence-electron chi connectivity index (χ3n) is 6.94. The zero-order valence-electron chi connectivity index (χ0n) is 24.8. The zero-order chi connectivity index (χ0) is 31.2. The summed E-state index contributed by atoms with van der Waals surface area (Å²) in [6.07, 6.45) is 0.381. The maximum Gasteiger partial charge on any atom is 0.408 e. The smallest absolute Gasteiger partial charge is 0.408 e. The highest BCUT2D eigenvalue weighted by atomic mass is 16.5. The summed E-state index contributed by atoms with van der Waals surface area (Å²) in [5.41, 5.74) is 1.48. The van der Waals surface area contributed by atoms with E-state index in [0.29, 0.717) is 17.7 Å². The molecule has 1 aliphatic rings. The molecule has 0 aliphatic carbocycles. The molecule has 0 aromatic heterocycles. The third kappa shape index (κ3) is 10.0. The van der Waals surface area contributed by atoms with Crippen LogP contribution in [0.5, 0.6) is 5.75 Å². The van der Waals surface area contributed by atoms with Crippen molar-refractivity contribution in [3.8, 4) is 5.75 Å². The van der Waals surface area contributed by atoms with Gasteiger partial charge in [-0.2, -0.15) is 0 Å². The van der Waals surface area contributed by atoms with Crippen LogP contribution in [0.2, 0.25) is 0 Å². The molecule has 0 radical (unpaired) electrons. The quantitative estimate of drug-likeness (QED) is 0.198. The highest BCUT2D eigenvalue weighted by molar-refractivity contribution is 5.95. The van der Waals surface area contributed by atoms with E-state index in [-0.39, 0.29) is 39.3 Å². The lowest BCUT2D eigenvalue weighted by Crippen LogP contribution is -2.63. The number of ether oxygens (including phenoxy) is 4. The van der Waals surface area contributed by atoms with Gasteiger partial charge >= 0.3 is 18.0 Å². The Morgan fingerprint density at radius 1 is 0.930 bits per heavy atom. The zero-order valence-corrected chi connectivity index (χ0v) is 24.8. The van der Waals surface area contributed by atoms with Crippen molar-refractivity contribution in [2.75, 3.05) is 40.5 Å². The monoisotopic (exact) mass is 597 g/mol. The first kappa shape index (κ1) is 32.9. The predicted molar refractivity (Wildman–Crippen MR) is 155 cm³/mol. The molecule has 1 N–H and O–H groups in total. The van der Waals surface area contributed by atoms with Crippen molar-refractivity contribution in [3.63, 3.8) is 0 Å². The molecule has 3 amide bonds. The van der Waals surface area contributed by atoms with Crippen molar-refractivity contribution in [1.29, 1.82) is 0 Å². The number of methoxy groups -OCH3 is 2. The van der Waals surface area contributed by atoms with Crippen LogP contribution in [0.25, 0.3) is 0 Å². The number of benzene rings is 2. The Bertz CT molecular complexity index is 1240. The molecule has 0 spiro atoms. The highest BCUT2D eigenvalue weighted by Crippen LogP contribution is 2.20. The van der Waals surface area contributed by atoms with Crippen LogP contribution in [0, 0.1) is 0 Å². The maximum atomic E-state index is 14.0. The average Bonchev–Trinajstić information content (AvgIpc) is 3.02. The Kier molecular flexibility index (Phi) is 12.8. The molecule has 2 aromatic carbocycles. The standard InChI is InChI=1S/C31H39N3O9/c1-4-5-17-42-28(36)20-33-15-16-34(26(30(33)38)19-27(35)41-3)29(37)25(18-22-11-13-24(40-2)14-12-22)32-31(39)43-21-23-9-7-6-8-10-23/h6-14,25-26H,4-5,15-21H2,1-3H3,(H,32,39)/t25-,26-/m0/s1. The van der Waals surface area contributed by atoms with Crippen LogP contribution in [0.4, 0.5) is 4.79 Å². The topological polar surface area (TPSA) is 141 Å². The van der Waals surface area contributed by atoms with E-state index in [0.717, 1.165) is 12.0 Å². The summed E-state index contributed by atoms with van der Waals surface area (Å²) in [6, 6.07) is 13.7. The predicted octanol–water partition coefficient (Wildman–Crippen LogP) is 2.48. The highest BCUT2D eigenvalue weighted by Gasteiger charge is 2.42. The lowest BCUT2D eigenvalue weighted by atomic mass is 10.0. The van der Waals surface area contributed by atoms with E-state index < -0.39 is 48.4 Å². The van der Waals surface area contributed by atoms with E-state index in [1.807, 2.05) is 25.1 Å². The van der Waals surface area contributed by atoms with Gasteiger partial charge in [-0.1, -0.05) is 55.8 Å². The number of amides is 3. The molecule has 12 nitrogen and oxygen atoms in total. The minimum absolute atomic E-state index is 0.00734. The Balaban J connectivity index is 1.80. The molecule has 0 bridgehead atoms. The molecule has 0 saturated carbocycles.